The molecule has 124 valence electrons. The van der Waals surface area contributed by atoms with Gasteiger partial charge in [0.05, 0.1) is 16.7 Å². The van der Waals surface area contributed by atoms with Crippen molar-refractivity contribution < 1.29 is 0 Å². The quantitative estimate of drug-likeness (QED) is 0.854. The first-order chi connectivity index (χ1) is 11.2. The molecular formula is C19H26N2OS. The molecular weight excluding hydrogens is 304 g/mol. The molecule has 1 N–H and O–H groups in total. The van der Waals surface area contributed by atoms with E-state index in [2.05, 4.69) is 16.9 Å². The first kappa shape index (κ1) is 16.6. The Morgan fingerprint density at radius 1 is 1.26 bits per heavy atom. The van der Waals surface area contributed by atoms with Crippen LogP contribution in [0.4, 0.5) is 0 Å². The second-order valence-electron chi connectivity index (χ2n) is 6.73. The van der Waals surface area contributed by atoms with Gasteiger partial charge in [-0.1, -0.05) is 31.9 Å². The highest BCUT2D eigenvalue weighted by molar-refractivity contribution is 7.99. The van der Waals surface area contributed by atoms with E-state index >= 15 is 0 Å². The fourth-order valence-electron chi connectivity index (χ4n) is 3.61. The second-order valence-corrected chi connectivity index (χ2v) is 8.01. The number of hydrogen-bond donors (Lipinski definition) is 1. The Morgan fingerprint density at radius 2 is 2.04 bits per heavy atom. The van der Waals surface area contributed by atoms with Gasteiger partial charge < -0.3 is 4.98 Å². The summed E-state index contributed by atoms with van der Waals surface area (Å²) in [6, 6.07) is 5.78. The van der Waals surface area contributed by atoms with Gasteiger partial charge in [0.25, 0.3) is 5.56 Å². The van der Waals surface area contributed by atoms with E-state index < -0.39 is 0 Å². The molecule has 0 aliphatic heterocycles. The van der Waals surface area contributed by atoms with Crippen LogP contribution in [0.15, 0.2) is 23.0 Å². The Kier molecular flexibility index (Phi) is 5.42. The third-order valence-corrected chi connectivity index (χ3v) is 6.32. The zero-order valence-electron chi connectivity index (χ0n) is 14.1. The molecule has 1 fully saturated rings. The minimum Gasteiger partial charge on any atom is -0.309 e. The number of thioether (sulfide) groups is 1. The highest BCUT2D eigenvalue weighted by Gasteiger charge is 2.21. The molecule has 1 aromatic heterocycles. The van der Waals surface area contributed by atoms with E-state index in [0.29, 0.717) is 5.39 Å². The van der Waals surface area contributed by atoms with Gasteiger partial charge in [-0.2, -0.15) is 11.8 Å². The molecule has 3 rings (SSSR count). The lowest BCUT2D eigenvalue weighted by Gasteiger charge is -2.27. The fourth-order valence-corrected chi connectivity index (χ4v) is 4.75. The van der Waals surface area contributed by atoms with Crippen LogP contribution in [-0.4, -0.2) is 15.2 Å². The Morgan fingerprint density at radius 3 is 2.78 bits per heavy atom. The van der Waals surface area contributed by atoms with Crippen LogP contribution in [-0.2, 0) is 5.75 Å². The summed E-state index contributed by atoms with van der Waals surface area (Å²) in [5.74, 6) is 2.57. The molecule has 3 nitrogen and oxygen atoms in total. The first-order valence-corrected chi connectivity index (χ1v) is 9.82. The van der Waals surface area contributed by atoms with Crippen molar-refractivity contribution in [2.75, 3.05) is 0 Å². The van der Waals surface area contributed by atoms with Gasteiger partial charge in [0.2, 0.25) is 0 Å². The molecule has 0 amide bonds. The van der Waals surface area contributed by atoms with Crippen LogP contribution in [0.25, 0.3) is 10.9 Å². The molecule has 0 spiro atoms. The van der Waals surface area contributed by atoms with Crippen molar-refractivity contribution in [2.24, 2.45) is 5.92 Å². The largest absolute Gasteiger partial charge is 0.309 e. The average Bonchev–Trinajstić information content (AvgIpc) is 2.56. The van der Waals surface area contributed by atoms with Gasteiger partial charge in [-0.25, -0.2) is 4.98 Å². The minimum absolute atomic E-state index is 0.0130. The number of nitrogens with zero attached hydrogens (tertiary/aromatic N) is 1. The average molecular weight is 330 g/mol. The Bertz CT molecular complexity index is 717. The van der Waals surface area contributed by atoms with Crippen molar-refractivity contribution in [3.05, 3.63) is 39.9 Å². The lowest BCUT2D eigenvalue weighted by molar-refractivity contribution is 0.342. The Labute approximate surface area is 142 Å². The van der Waals surface area contributed by atoms with Crippen LogP contribution in [0, 0.1) is 12.8 Å². The van der Waals surface area contributed by atoms with Gasteiger partial charge in [0, 0.05) is 5.25 Å². The van der Waals surface area contributed by atoms with E-state index in [4.69, 9.17) is 0 Å². The normalized spacial score (nSPS) is 21.7. The number of aromatic amines is 1. The predicted octanol–water partition coefficient (Wildman–Crippen LogP) is 4.82. The standard InChI is InChI=1S/C19H26N2OS/c1-3-5-14-8-10-15(11-9-14)23-12-17-20-18-13(2)6-4-7-16(18)19(22)21-17/h4,6-7,14-15H,3,5,8-12H2,1-2H3,(H,20,21,22). The van der Waals surface area contributed by atoms with Crippen molar-refractivity contribution in [3.63, 3.8) is 0 Å². The number of nitrogens with one attached hydrogen (secondary N) is 1. The summed E-state index contributed by atoms with van der Waals surface area (Å²) in [4.78, 5) is 19.9. The molecule has 4 heteroatoms. The van der Waals surface area contributed by atoms with Gasteiger partial charge in [-0.3, -0.25) is 4.79 Å². The molecule has 0 atom stereocenters. The zero-order chi connectivity index (χ0) is 16.2. The fraction of sp³-hybridized carbons (Fsp3) is 0.579. The first-order valence-electron chi connectivity index (χ1n) is 8.77. The smallest absolute Gasteiger partial charge is 0.258 e. The maximum absolute atomic E-state index is 12.2. The van der Waals surface area contributed by atoms with Crippen LogP contribution < -0.4 is 5.56 Å². The lowest BCUT2D eigenvalue weighted by Crippen LogP contribution is -2.17. The molecule has 0 saturated heterocycles. The van der Waals surface area contributed by atoms with Crippen LogP contribution >= 0.6 is 11.8 Å². The summed E-state index contributed by atoms with van der Waals surface area (Å²) in [7, 11) is 0. The topological polar surface area (TPSA) is 45.8 Å². The third-order valence-electron chi connectivity index (χ3n) is 4.93. The van der Waals surface area contributed by atoms with Crippen LogP contribution in [0.5, 0.6) is 0 Å². The summed E-state index contributed by atoms with van der Waals surface area (Å²) in [6.45, 7) is 4.30. The third kappa shape index (κ3) is 3.97. The van der Waals surface area contributed by atoms with E-state index in [0.717, 1.165) is 33.8 Å². The molecule has 23 heavy (non-hydrogen) atoms. The van der Waals surface area contributed by atoms with Crippen molar-refractivity contribution in [3.8, 4) is 0 Å². The molecule has 1 aromatic carbocycles. The van der Waals surface area contributed by atoms with Gasteiger partial charge in [0.15, 0.2) is 0 Å². The maximum atomic E-state index is 12.2. The van der Waals surface area contributed by atoms with Gasteiger partial charge in [-0.15, -0.1) is 0 Å². The number of aryl methyl sites for hydroxylation is 1. The number of rotatable bonds is 5. The number of para-hydroxylation sites is 1. The summed E-state index contributed by atoms with van der Waals surface area (Å²) in [5.41, 5.74) is 1.90. The monoisotopic (exact) mass is 330 g/mol. The summed E-state index contributed by atoms with van der Waals surface area (Å²) >= 11 is 1.96. The summed E-state index contributed by atoms with van der Waals surface area (Å²) in [6.07, 6.45) is 8.05. The van der Waals surface area contributed by atoms with Gasteiger partial charge >= 0.3 is 0 Å². The molecule has 0 bridgehead atoms. The van der Waals surface area contributed by atoms with Gasteiger partial charge in [0.1, 0.15) is 5.82 Å². The SMILES string of the molecule is CCCC1CCC(SCc2nc3c(C)cccc3c(=O)[nH]2)CC1. The number of fused-ring (bicyclic) bond motifs is 1. The van der Waals surface area contributed by atoms with E-state index in [1.807, 2.05) is 36.9 Å². The van der Waals surface area contributed by atoms with E-state index in [1.165, 1.54) is 38.5 Å². The van der Waals surface area contributed by atoms with E-state index in [9.17, 15) is 4.79 Å². The Balaban J connectivity index is 1.64. The number of benzene rings is 1. The maximum Gasteiger partial charge on any atom is 0.258 e. The molecule has 2 aromatic rings. The van der Waals surface area contributed by atoms with Crippen molar-refractivity contribution in [2.45, 2.75) is 63.4 Å². The van der Waals surface area contributed by atoms with Crippen LogP contribution in [0.2, 0.25) is 0 Å². The van der Waals surface area contributed by atoms with Gasteiger partial charge in [-0.05, 0) is 50.2 Å². The Hall–Kier alpha value is -1.29. The van der Waals surface area contributed by atoms with Crippen LogP contribution in [0.1, 0.15) is 56.8 Å². The minimum atomic E-state index is -0.0130. The number of hydrogen-bond acceptors (Lipinski definition) is 3. The molecule has 1 heterocycles. The highest BCUT2D eigenvalue weighted by Crippen LogP contribution is 2.35. The molecule has 0 unspecified atom stereocenters. The zero-order valence-corrected chi connectivity index (χ0v) is 14.9. The predicted molar refractivity (Wildman–Crippen MR) is 99.0 cm³/mol. The van der Waals surface area contributed by atoms with Crippen molar-refractivity contribution in [1.82, 2.24) is 9.97 Å². The lowest BCUT2D eigenvalue weighted by atomic mass is 9.86. The highest BCUT2D eigenvalue weighted by atomic mass is 32.2. The van der Waals surface area contributed by atoms with E-state index in [1.54, 1.807) is 0 Å². The van der Waals surface area contributed by atoms with Crippen LogP contribution in [0.3, 0.4) is 0 Å². The number of aromatic nitrogens is 2. The summed E-state index contributed by atoms with van der Waals surface area (Å²) < 4.78 is 0. The molecule has 0 radical (unpaired) electrons. The second kappa shape index (κ2) is 7.52. The van der Waals surface area contributed by atoms with Crippen molar-refractivity contribution >= 4 is 22.7 Å². The summed E-state index contributed by atoms with van der Waals surface area (Å²) in [5, 5.41) is 1.42. The van der Waals surface area contributed by atoms with Crippen molar-refractivity contribution in [1.29, 1.82) is 0 Å². The molecule has 1 aliphatic rings. The molecule has 1 saturated carbocycles. The number of H-pyrrole nitrogens is 1. The molecule has 1 aliphatic carbocycles. The van der Waals surface area contributed by atoms with E-state index in [-0.39, 0.29) is 5.56 Å².